The molecular weight excluding hydrogens is 264 g/mol. The summed E-state index contributed by atoms with van der Waals surface area (Å²) in [4.78, 5) is 22.3. The molecule has 0 saturated heterocycles. The second kappa shape index (κ2) is 5.20. The topological polar surface area (TPSA) is 72.1 Å². The fourth-order valence-electron chi connectivity index (χ4n) is 2.22. The zero-order valence-electron chi connectivity index (χ0n) is 11.5. The second-order valence-electron chi connectivity index (χ2n) is 4.71. The lowest BCUT2D eigenvalue weighted by Gasteiger charge is -2.19. The van der Waals surface area contributed by atoms with Crippen LogP contribution in [-0.4, -0.2) is 22.9 Å². The molecule has 0 unspecified atom stereocenters. The first-order chi connectivity index (χ1) is 10.2. The molecule has 5 nitrogen and oxygen atoms in total. The van der Waals surface area contributed by atoms with E-state index in [2.05, 4.69) is 9.97 Å². The molecule has 0 saturated carbocycles. The average molecular weight is 278 g/mol. The van der Waals surface area contributed by atoms with Crippen LogP contribution < -0.4 is 10.6 Å². The highest BCUT2D eigenvalue weighted by Gasteiger charge is 2.15. The number of pyridine rings is 2. The van der Waals surface area contributed by atoms with E-state index in [0.717, 1.165) is 10.9 Å². The number of carbonyl (C=O) groups is 1. The molecule has 0 bridgehead atoms. The van der Waals surface area contributed by atoms with Gasteiger partial charge in [-0.2, -0.15) is 0 Å². The molecule has 2 aromatic heterocycles. The Bertz CT molecular complexity index is 816. The Kier molecular flexibility index (Phi) is 3.23. The fraction of sp³-hybridized carbons (Fsp3) is 0.0625. The quantitative estimate of drug-likeness (QED) is 0.781. The Balaban J connectivity index is 1.98. The summed E-state index contributed by atoms with van der Waals surface area (Å²) in [5.41, 5.74) is 8.42. The zero-order chi connectivity index (χ0) is 14.8. The van der Waals surface area contributed by atoms with Crippen molar-refractivity contribution in [3.05, 3.63) is 60.6 Å². The standard InChI is InChI=1S/C16H14N4O/c1-20(15-6-8-18-10-13(15)17)16(21)12-4-5-14-11(9-12)3-2-7-19-14/h2-10H,17H2,1H3. The molecule has 0 fully saturated rings. The molecule has 104 valence electrons. The number of nitrogens with two attached hydrogens (primary N) is 1. The maximum Gasteiger partial charge on any atom is 0.258 e. The summed E-state index contributed by atoms with van der Waals surface area (Å²) in [6.45, 7) is 0. The Labute approximate surface area is 122 Å². The Hall–Kier alpha value is -2.95. The van der Waals surface area contributed by atoms with Gasteiger partial charge in [-0.15, -0.1) is 0 Å². The molecule has 1 aromatic carbocycles. The normalized spacial score (nSPS) is 10.5. The molecule has 0 aliphatic heterocycles. The number of hydrogen-bond donors (Lipinski definition) is 1. The van der Waals surface area contributed by atoms with E-state index in [1.807, 2.05) is 24.3 Å². The lowest BCUT2D eigenvalue weighted by atomic mass is 10.1. The van der Waals surface area contributed by atoms with Crippen molar-refractivity contribution in [2.75, 3.05) is 17.7 Å². The highest BCUT2D eigenvalue weighted by atomic mass is 16.2. The van der Waals surface area contributed by atoms with Crippen molar-refractivity contribution in [2.24, 2.45) is 0 Å². The average Bonchev–Trinajstić information content (AvgIpc) is 2.53. The predicted octanol–water partition coefficient (Wildman–Crippen LogP) is 2.49. The minimum absolute atomic E-state index is 0.126. The van der Waals surface area contributed by atoms with Gasteiger partial charge in [0.25, 0.3) is 5.91 Å². The van der Waals surface area contributed by atoms with Gasteiger partial charge in [-0.3, -0.25) is 14.8 Å². The number of hydrogen-bond acceptors (Lipinski definition) is 4. The summed E-state index contributed by atoms with van der Waals surface area (Å²) in [7, 11) is 1.70. The van der Waals surface area contributed by atoms with Crippen molar-refractivity contribution in [3.8, 4) is 0 Å². The first kappa shape index (κ1) is 13.1. The van der Waals surface area contributed by atoms with Crippen molar-refractivity contribution in [2.45, 2.75) is 0 Å². The van der Waals surface area contributed by atoms with Crippen molar-refractivity contribution in [1.82, 2.24) is 9.97 Å². The van der Waals surface area contributed by atoms with Gasteiger partial charge >= 0.3 is 0 Å². The largest absolute Gasteiger partial charge is 0.396 e. The summed E-state index contributed by atoms with van der Waals surface area (Å²) < 4.78 is 0. The summed E-state index contributed by atoms with van der Waals surface area (Å²) in [6.07, 6.45) is 4.87. The van der Waals surface area contributed by atoms with Crippen LogP contribution in [-0.2, 0) is 0 Å². The van der Waals surface area contributed by atoms with Gasteiger partial charge in [0, 0.05) is 30.4 Å². The number of nitrogens with zero attached hydrogens (tertiary/aromatic N) is 3. The van der Waals surface area contributed by atoms with Crippen LogP contribution >= 0.6 is 0 Å². The lowest BCUT2D eigenvalue weighted by Crippen LogP contribution is -2.27. The van der Waals surface area contributed by atoms with Gasteiger partial charge < -0.3 is 10.6 Å². The fourth-order valence-corrected chi connectivity index (χ4v) is 2.22. The molecular formula is C16H14N4O. The number of anilines is 2. The van der Waals surface area contributed by atoms with E-state index in [1.165, 1.54) is 11.1 Å². The monoisotopic (exact) mass is 278 g/mol. The third kappa shape index (κ3) is 2.41. The number of nitrogen functional groups attached to an aromatic ring is 1. The van der Waals surface area contributed by atoms with Crippen LogP contribution in [0.15, 0.2) is 55.0 Å². The van der Waals surface area contributed by atoms with E-state index in [0.29, 0.717) is 16.9 Å². The number of aromatic nitrogens is 2. The third-order valence-electron chi connectivity index (χ3n) is 3.34. The van der Waals surface area contributed by atoms with Gasteiger partial charge in [0.05, 0.1) is 23.1 Å². The van der Waals surface area contributed by atoms with Crippen molar-refractivity contribution in [1.29, 1.82) is 0 Å². The predicted molar refractivity (Wildman–Crippen MR) is 83.1 cm³/mol. The molecule has 0 spiro atoms. The highest BCUT2D eigenvalue weighted by molar-refractivity contribution is 6.08. The van der Waals surface area contributed by atoms with E-state index in [4.69, 9.17) is 5.73 Å². The summed E-state index contributed by atoms with van der Waals surface area (Å²) in [5, 5.41) is 0.930. The number of amides is 1. The van der Waals surface area contributed by atoms with Crippen molar-refractivity contribution in [3.63, 3.8) is 0 Å². The number of rotatable bonds is 2. The van der Waals surface area contributed by atoms with Gasteiger partial charge in [-0.1, -0.05) is 6.07 Å². The summed E-state index contributed by atoms with van der Waals surface area (Å²) in [6, 6.07) is 10.9. The van der Waals surface area contributed by atoms with Gasteiger partial charge in [0.15, 0.2) is 0 Å². The molecule has 3 rings (SSSR count). The third-order valence-corrected chi connectivity index (χ3v) is 3.34. The lowest BCUT2D eigenvalue weighted by molar-refractivity contribution is 0.0993. The second-order valence-corrected chi connectivity index (χ2v) is 4.71. The van der Waals surface area contributed by atoms with Gasteiger partial charge in [0.2, 0.25) is 0 Å². The van der Waals surface area contributed by atoms with Crippen LogP contribution in [0.4, 0.5) is 11.4 Å². The number of carbonyl (C=O) groups excluding carboxylic acids is 1. The van der Waals surface area contributed by atoms with E-state index in [9.17, 15) is 4.79 Å². The van der Waals surface area contributed by atoms with Crippen molar-refractivity contribution >= 4 is 28.2 Å². The van der Waals surface area contributed by atoms with Gasteiger partial charge in [-0.05, 0) is 30.3 Å². The molecule has 2 N–H and O–H groups in total. The van der Waals surface area contributed by atoms with Gasteiger partial charge in [0.1, 0.15) is 0 Å². The maximum atomic E-state index is 12.6. The molecule has 2 heterocycles. The smallest absolute Gasteiger partial charge is 0.258 e. The molecule has 0 aliphatic carbocycles. The van der Waals surface area contributed by atoms with Crippen LogP contribution in [0.5, 0.6) is 0 Å². The van der Waals surface area contributed by atoms with Crippen LogP contribution in [0.2, 0.25) is 0 Å². The van der Waals surface area contributed by atoms with Crippen LogP contribution in [0.3, 0.4) is 0 Å². The Morgan fingerprint density at radius 3 is 2.86 bits per heavy atom. The first-order valence-electron chi connectivity index (χ1n) is 6.49. The van der Waals surface area contributed by atoms with E-state index >= 15 is 0 Å². The molecule has 0 atom stereocenters. The Morgan fingerprint density at radius 2 is 2.05 bits per heavy atom. The minimum atomic E-state index is -0.126. The first-order valence-corrected chi connectivity index (χ1v) is 6.49. The molecule has 1 amide bonds. The van der Waals surface area contributed by atoms with Gasteiger partial charge in [-0.25, -0.2) is 0 Å². The number of fused-ring (bicyclic) bond motifs is 1. The van der Waals surface area contributed by atoms with E-state index < -0.39 is 0 Å². The van der Waals surface area contributed by atoms with E-state index in [-0.39, 0.29) is 5.91 Å². The zero-order valence-corrected chi connectivity index (χ0v) is 11.5. The minimum Gasteiger partial charge on any atom is -0.396 e. The van der Waals surface area contributed by atoms with Crippen LogP contribution in [0.1, 0.15) is 10.4 Å². The highest BCUT2D eigenvalue weighted by Crippen LogP contribution is 2.22. The summed E-state index contributed by atoms with van der Waals surface area (Å²) in [5.74, 6) is -0.126. The van der Waals surface area contributed by atoms with E-state index in [1.54, 1.807) is 31.6 Å². The summed E-state index contributed by atoms with van der Waals surface area (Å²) >= 11 is 0. The number of benzene rings is 1. The van der Waals surface area contributed by atoms with Crippen molar-refractivity contribution < 1.29 is 4.79 Å². The molecule has 5 heteroatoms. The molecule has 0 aliphatic rings. The Morgan fingerprint density at radius 1 is 1.19 bits per heavy atom. The van der Waals surface area contributed by atoms with Crippen LogP contribution in [0, 0.1) is 0 Å². The SMILES string of the molecule is CN(C(=O)c1ccc2ncccc2c1)c1ccncc1N. The molecule has 21 heavy (non-hydrogen) atoms. The maximum absolute atomic E-state index is 12.6. The van der Waals surface area contributed by atoms with Crippen LogP contribution in [0.25, 0.3) is 10.9 Å². The molecule has 3 aromatic rings. The molecule has 0 radical (unpaired) electrons.